The maximum atomic E-state index is 12.9. The molecule has 2 bridgehead atoms. The average molecular weight is 456 g/mol. The van der Waals surface area contributed by atoms with E-state index in [-0.39, 0.29) is 22.8 Å². The number of ether oxygens (including phenoxy) is 2. The molecule has 1 fully saturated rings. The Morgan fingerprint density at radius 2 is 1.88 bits per heavy atom. The van der Waals surface area contributed by atoms with Crippen molar-refractivity contribution < 1.29 is 14.3 Å². The minimum Gasteiger partial charge on any atom is -0.493 e. The lowest BCUT2D eigenvalue weighted by Gasteiger charge is -2.49. The molecule has 1 N–H and O–H groups in total. The van der Waals surface area contributed by atoms with Crippen LogP contribution in [0.3, 0.4) is 0 Å². The van der Waals surface area contributed by atoms with E-state index in [0.717, 1.165) is 50.1 Å². The standard InChI is InChI=1S/C29H45NO3/c1-6-7-8-9-14-28(2,3)21-18-24-26-22-17-20(27(31)30-15-10-11-16-32-24)12-13-23(22)29(4,5)33-25(26)19-21/h18-20,22-23H,6-17H2,1-5H3,(H,30,31)/t20?,22?,23-/m1/s1. The second kappa shape index (κ2) is 9.88. The fraction of sp³-hybridized carbons (Fsp3) is 0.759. The first-order chi connectivity index (χ1) is 15.7. The molecule has 0 saturated heterocycles. The number of benzene rings is 1. The van der Waals surface area contributed by atoms with Crippen LogP contribution in [0, 0.1) is 11.8 Å². The van der Waals surface area contributed by atoms with Crippen LogP contribution in [0.1, 0.15) is 116 Å². The Bertz CT molecular complexity index is 844. The predicted molar refractivity (Wildman–Crippen MR) is 134 cm³/mol. The molecular formula is C29H45NO3. The van der Waals surface area contributed by atoms with Crippen LogP contribution in [0.4, 0.5) is 0 Å². The van der Waals surface area contributed by atoms with Gasteiger partial charge < -0.3 is 14.8 Å². The van der Waals surface area contributed by atoms with Gasteiger partial charge in [-0.05, 0) is 81.4 Å². The maximum Gasteiger partial charge on any atom is 0.223 e. The Kier molecular flexibility index (Phi) is 7.31. The lowest BCUT2D eigenvalue weighted by atomic mass is 9.63. The quantitative estimate of drug-likeness (QED) is 0.475. The van der Waals surface area contributed by atoms with Crippen molar-refractivity contribution in [2.45, 2.75) is 116 Å². The van der Waals surface area contributed by atoms with Gasteiger partial charge in [-0.15, -0.1) is 0 Å². The Morgan fingerprint density at radius 3 is 2.67 bits per heavy atom. The van der Waals surface area contributed by atoms with Gasteiger partial charge in [-0.1, -0.05) is 46.5 Å². The summed E-state index contributed by atoms with van der Waals surface area (Å²) in [6.45, 7) is 12.9. The first-order valence-electron chi connectivity index (χ1n) is 13.5. The molecule has 1 aromatic carbocycles. The highest BCUT2D eigenvalue weighted by atomic mass is 16.5. The number of fused-ring (bicyclic) bond motifs is 1. The highest BCUT2D eigenvalue weighted by Crippen LogP contribution is 2.56. The van der Waals surface area contributed by atoms with Gasteiger partial charge in [-0.2, -0.15) is 0 Å². The minimum atomic E-state index is -0.239. The topological polar surface area (TPSA) is 47.6 Å². The lowest BCUT2D eigenvalue weighted by Crippen LogP contribution is -2.48. The average Bonchev–Trinajstić information content (AvgIpc) is 2.77. The molecule has 4 nitrogen and oxygen atoms in total. The van der Waals surface area contributed by atoms with Gasteiger partial charge in [0, 0.05) is 23.9 Å². The van der Waals surface area contributed by atoms with Crippen molar-refractivity contribution in [3.05, 3.63) is 23.3 Å². The summed E-state index contributed by atoms with van der Waals surface area (Å²) in [4.78, 5) is 12.9. The van der Waals surface area contributed by atoms with Gasteiger partial charge in [0.2, 0.25) is 5.91 Å². The van der Waals surface area contributed by atoms with Gasteiger partial charge in [0.1, 0.15) is 17.1 Å². The van der Waals surface area contributed by atoms with Gasteiger partial charge in [0.25, 0.3) is 0 Å². The van der Waals surface area contributed by atoms with E-state index in [2.05, 4.69) is 52.1 Å². The third kappa shape index (κ3) is 5.20. The number of carbonyl (C=O) groups excluding carboxylic acids is 1. The van der Waals surface area contributed by atoms with Crippen molar-refractivity contribution in [2.24, 2.45) is 11.8 Å². The molecule has 2 unspecified atom stereocenters. The molecule has 2 aliphatic heterocycles. The van der Waals surface area contributed by atoms with E-state index in [1.54, 1.807) is 0 Å². The molecule has 1 amide bonds. The van der Waals surface area contributed by atoms with Crippen molar-refractivity contribution >= 4 is 5.91 Å². The first-order valence-corrected chi connectivity index (χ1v) is 13.5. The van der Waals surface area contributed by atoms with Crippen molar-refractivity contribution in [3.63, 3.8) is 0 Å². The van der Waals surface area contributed by atoms with Crippen LogP contribution in [-0.2, 0) is 10.2 Å². The zero-order valence-corrected chi connectivity index (χ0v) is 21.6. The van der Waals surface area contributed by atoms with E-state index in [1.165, 1.54) is 43.2 Å². The number of hydrogen-bond acceptors (Lipinski definition) is 3. The SMILES string of the molecule is CCCCCCC(C)(C)c1cc2c3c(c1)OC(C)(C)[C@@H]1CCC(CC31)C(=O)NCCCCO2. The maximum absolute atomic E-state index is 12.9. The molecule has 1 saturated carbocycles. The summed E-state index contributed by atoms with van der Waals surface area (Å²) in [7, 11) is 0. The summed E-state index contributed by atoms with van der Waals surface area (Å²) in [6, 6.07) is 4.61. The molecule has 3 aliphatic rings. The lowest BCUT2D eigenvalue weighted by molar-refractivity contribution is -0.127. The van der Waals surface area contributed by atoms with Crippen LogP contribution in [-0.4, -0.2) is 24.7 Å². The second-order valence-corrected chi connectivity index (χ2v) is 11.9. The molecule has 0 spiro atoms. The van der Waals surface area contributed by atoms with E-state index in [1.807, 2.05) is 0 Å². The Morgan fingerprint density at radius 1 is 1.09 bits per heavy atom. The fourth-order valence-electron chi connectivity index (χ4n) is 6.38. The predicted octanol–water partition coefficient (Wildman–Crippen LogP) is 6.89. The van der Waals surface area contributed by atoms with Crippen LogP contribution < -0.4 is 14.8 Å². The summed E-state index contributed by atoms with van der Waals surface area (Å²) in [5, 5.41) is 3.18. The second-order valence-electron chi connectivity index (χ2n) is 11.9. The van der Waals surface area contributed by atoms with Crippen LogP contribution in [0.2, 0.25) is 0 Å². The Labute approximate surface area is 201 Å². The molecular weight excluding hydrogens is 410 g/mol. The van der Waals surface area contributed by atoms with E-state index in [0.29, 0.717) is 18.4 Å². The number of amides is 1. The summed E-state index contributed by atoms with van der Waals surface area (Å²) in [5.74, 6) is 3.06. The largest absolute Gasteiger partial charge is 0.493 e. The van der Waals surface area contributed by atoms with Crippen LogP contribution in [0.5, 0.6) is 11.5 Å². The van der Waals surface area contributed by atoms with Gasteiger partial charge >= 0.3 is 0 Å². The van der Waals surface area contributed by atoms with E-state index in [9.17, 15) is 4.79 Å². The molecule has 1 aliphatic carbocycles. The molecule has 33 heavy (non-hydrogen) atoms. The Balaban J connectivity index is 1.73. The van der Waals surface area contributed by atoms with Crippen LogP contribution in [0.25, 0.3) is 0 Å². The zero-order chi connectivity index (χ0) is 23.6. The highest BCUT2D eigenvalue weighted by Gasteiger charge is 2.49. The van der Waals surface area contributed by atoms with Gasteiger partial charge in [-0.25, -0.2) is 0 Å². The minimum absolute atomic E-state index is 0.0751. The fourth-order valence-corrected chi connectivity index (χ4v) is 6.38. The molecule has 0 radical (unpaired) electrons. The third-order valence-corrected chi connectivity index (χ3v) is 8.53. The summed E-state index contributed by atoms with van der Waals surface area (Å²) < 4.78 is 13.2. The summed E-state index contributed by atoms with van der Waals surface area (Å²) in [5.41, 5.74) is 2.38. The molecule has 1 aromatic rings. The molecule has 4 rings (SSSR count). The first kappa shape index (κ1) is 24.4. The Hall–Kier alpha value is -1.71. The zero-order valence-electron chi connectivity index (χ0n) is 21.6. The molecule has 4 heteroatoms. The number of rotatable bonds is 6. The molecule has 2 heterocycles. The number of carbonyl (C=O) groups is 1. The summed E-state index contributed by atoms with van der Waals surface area (Å²) in [6.07, 6.45) is 11.1. The third-order valence-electron chi connectivity index (χ3n) is 8.53. The normalized spacial score (nSPS) is 26.8. The van der Waals surface area contributed by atoms with Gasteiger partial charge in [0.05, 0.1) is 6.61 Å². The van der Waals surface area contributed by atoms with E-state index < -0.39 is 0 Å². The monoisotopic (exact) mass is 455 g/mol. The number of hydrogen-bond donors (Lipinski definition) is 1. The highest BCUT2D eigenvalue weighted by molar-refractivity contribution is 5.79. The van der Waals surface area contributed by atoms with E-state index >= 15 is 0 Å². The van der Waals surface area contributed by atoms with Crippen LogP contribution in [0.15, 0.2) is 12.1 Å². The van der Waals surface area contributed by atoms with Crippen molar-refractivity contribution in [3.8, 4) is 11.5 Å². The van der Waals surface area contributed by atoms with Crippen molar-refractivity contribution in [2.75, 3.05) is 13.2 Å². The molecule has 184 valence electrons. The van der Waals surface area contributed by atoms with Crippen molar-refractivity contribution in [1.82, 2.24) is 5.32 Å². The number of unbranched alkanes of at least 4 members (excludes halogenated alkanes) is 3. The van der Waals surface area contributed by atoms with Gasteiger partial charge in [0.15, 0.2) is 0 Å². The van der Waals surface area contributed by atoms with Gasteiger partial charge in [-0.3, -0.25) is 4.79 Å². The smallest absolute Gasteiger partial charge is 0.223 e. The van der Waals surface area contributed by atoms with E-state index in [4.69, 9.17) is 9.47 Å². The summed E-state index contributed by atoms with van der Waals surface area (Å²) >= 11 is 0. The van der Waals surface area contributed by atoms with Crippen LogP contribution >= 0.6 is 0 Å². The molecule has 3 atom stereocenters. The molecule has 0 aromatic heterocycles. The van der Waals surface area contributed by atoms with Crippen molar-refractivity contribution in [1.29, 1.82) is 0 Å². The number of nitrogens with one attached hydrogen (secondary N) is 1.